The molecular weight excluding hydrogens is 283 g/mol. The molecule has 0 spiro atoms. The molecule has 1 aromatic carbocycles. The number of alkyl halides is 3. The molecule has 1 heterocycles. The molecule has 0 unspecified atom stereocenters. The van der Waals surface area contributed by atoms with Crippen molar-refractivity contribution >= 4 is 12.4 Å². The lowest BCUT2D eigenvalue weighted by atomic mass is 10.0. The van der Waals surface area contributed by atoms with Gasteiger partial charge in [-0.05, 0) is 24.1 Å². The Balaban J connectivity index is 0.00000180. The number of ether oxygens (including phenoxy) is 2. The fourth-order valence-electron chi connectivity index (χ4n) is 1.78. The zero-order valence-electron chi connectivity index (χ0n) is 10.1. The summed E-state index contributed by atoms with van der Waals surface area (Å²) in [4.78, 5) is 0. The zero-order chi connectivity index (χ0) is 13.2. The van der Waals surface area contributed by atoms with Crippen LogP contribution in [0.4, 0.5) is 13.2 Å². The third-order valence-corrected chi connectivity index (χ3v) is 2.73. The van der Waals surface area contributed by atoms with Crippen LogP contribution in [0.1, 0.15) is 24.4 Å². The molecule has 1 aromatic rings. The van der Waals surface area contributed by atoms with Crippen LogP contribution in [0.5, 0.6) is 11.5 Å². The molecule has 1 atom stereocenters. The first-order chi connectivity index (χ1) is 8.46. The molecule has 0 fully saturated rings. The number of hydrogen-bond donors (Lipinski definition) is 1. The molecule has 1 aliphatic rings. The smallest absolute Gasteiger partial charge is 0.389 e. The monoisotopic (exact) mass is 297 g/mol. The van der Waals surface area contributed by atoms with Crippen molar-refractivity contribution in [2.45, 2.75) is 25.1 Å². The fourth-order valence-corrected chi connectivity index (χ4v) is 1.78. The van der Waals surface area contributed by atoms with Crippen molar-refractivity contribution in [1.82, 2.24) is 0 Å². The van der Waals surface area contributed by atoms with Gasteiger partial charge in [0, 0.05) is 12.5 Å². The van der Waals surface area contributed by atoms with Gasteiger partial charge in [-0.1, -0.05) is 6.07 Å². The van der Waals surface area contributed by atoms with Crippen LogP contribution in [0, 0.1) is 0 Å². The zero-order valence-corrected chi connectivity index (χ0v) is 10.9. The molecule has 2 N–H and O–H groups in total. The minimum Gasteiger partial charge on any atom is -0.486 e. The van der Waals surface area contributed by atoms with Gasteiger partial charge in [0.25, 0.3) is 0 Å². The second-order valence-corrected chi connectivity index (χ2v) is 4.16. The van der Waals surface area contributed by atoms with Gasteiger partial charge < -0.3 is 15.2 Å². The Labute approximate surface area is 115 Å². The SMILES string of the molecule is Cl.N[C@H](CCC(F)(F)F)c1ccc2c(c1)OCCO2. The van der Waals surface area contributed by atoms with Crippen molar-refractivity contribution in [3.8, 4) is 11.5 Å². The van der Waals surface area contributed by atoms with Crippen LogP contribution < -0.4 is 15.2 Å². The summed E-state index contributed by atoms with van der Waals surface area (Å²) >= 11 is 0. The van der Waals surface area contributed by atoms with Gasteiger partial charge in [0.05, 0.1) is 0 Å². The summed E-state index contributed by atoms with van der Waals surface area (Å²) in [5.74, 6) is 1.15. The lowest BCUT2D eigenvalue weighted by Gasteiger charge is -2.20. The maximum atomic E-state index is 12.1. The largest absolute Gasteiger partial charge is 0.486 e. The molecule has 3 nitrogen and oxygen atoms in total. The van der Waals surface area contributed by atoms with Crippen LogP contribution in [0.15, 0.2) is 18.2 Å². The van der Waals surface area contributed by atoms with Crippen LogP contribution in [0.25, 0.3) is 0 Å². The highest BCUT2D eigenvalue weighted by Gasteiger charge is 2.28. The summed E-state index contributed by atoms with van der Waals surface area (Å²) in [7, 11) is 0. The minimum atomic E-state index is -4.18. The van der Waals surface area contributed by atoms with Crippen LogP contribution in [-0.2, 0) is 0 Å². The highest BCUT2D eigenvalue weighted by atomic mass is 35.5. The average Bonchev–Trinajstić information content (AvgIpc) is 2.34. The summed E-state index contributed by atoms with van der Waals surface area (Å²) in [5, 5.41) is 0. The summed E-state index contributed by atoms with van der Waals surface area (Å²) in [6.45, 7) is 0.917. The lowest BCUT2D eigenvalue weighted by Crippen LogP contribution is -2.18. The number of rotatable bonds is 3. The Morgan fingerprint density at radius 2 is 1.79 bits per heavy atom. The van der Waals surface area contributed by atoms with Gasteiger partial charge >= 0.3 is 6.18 Å². The molecule has 1 aliphatic heterocycles. The Morgan fingerprint density at radius 3 is 2.42 bits per heavy atom. The molecule has 0 saturated carbocycles. The van der Waals surface area contributed by atoms with Crippen molar-refractivity contribution in [1.29, 1.82) is 0 Å². The third-order valence-electron chi connectivity index (χ3n) is 2.73. The Hall–Kier alpha value is -1.14. The minimum absolute atomic E-state index is 0. The third kappa shape index (κ3) is 4.47. The van der Waals surface area contributed by atoms with Crippen LogP contribution in [-0.4, -0.2) is 19.4 Å². The van der Waals surface area contributed by atoms with E-state index in [4.69, 9.17) is 15.2 Å². The molecule has 2 rings (SSSR count). The molecule has 108 valence electrons. The second-order valence-electron chi connectivity index (χ2n) is 4.16. The van der Waals surface area contributed by atoms with Gasteiger partial charge in [0.15, 0.2) is 11.5 Å². The molecule has 19 heavy (non-hydrogen) atoms. The van der Waals surface area contributed by atoms with Crippen LogP contribution in [0.3, 0.4) is 0 Å². The topological polar surface area (TPSA) is 44.5 Å². The van der Waals surface area contributed by atoms with E-state index in [0.717, 1.165) is 0 Å². The summed E-state index contributed by atoms with van der Waals surface area (Å²) < 4.78 is 47.0. The van der Waals surface area contributed by atoms with Gasteiger partial charge in [0.2, 0.25) is 0 Å². The van der Waals surface area contributed by atoms with Gasteiger partial charge in [-0.3, -0.25) is 0 Å². The van der Waals surface area contributed by atoms with E-state index in [1.54, 1.807) is 18.2 Å². The molecule has 0 saturated heterocycles. The van der Waals surface area contributed by atoms with E-state index in [9.17, 15) is 13.2 Å². The van der Waals surface area contributed by atoms with Crippen molar-refractivity contribution in [2.75, 3.05) is 13.2 Å². The first-order valence-electron chi connectivity index (χ1n) is 5.67. The Morgan fingerprint density at radius 1 is 1.16 bits per heavy atom. The second kappa shape index (κ2) is 6.34. The summed E-state index contributed by atoms with van der Waals surface area (Å²) in [6, 6.07) is 4.35. The number of hydrogen-bond acceptors (Lipinski definition) is 3. The molecular formula is C12H15ClF3NO2. The molecule has 7 heteroatoms. The number of nitrogens with two attached hydrogens (primary N) is 1. The van der Waals surface area contributed by atoms with Gasteiger partial charge in [-0.15, -0.1) is 12.4 Å². The average molecular weight is 298 g/mol. The maximum Gasteiger partial charge on any atom is 0.389 e. The van der Waals surface area contributed by atoms with Crippen molar-refractivity contribution in [2.24, 2.45) is 5.73 Å². The van der Waals surface area contributed by atoms with E-state index < -0.39 is 18.6 Å². The highest BCUT2D eigenvalue weighted by Crippen LogP contribution is 2.34. The van der Waals surface area contributed by atoms with E-state index in [1.807, 2.05) is 0 Å². The predicted octanol–water partition coefficient (Wildman–Crippen LogP) is 3.22. The van der Waals surface area contributed by atoms with E-state index in [0.29, 0.717) is 30.3 Å². The normalized spacial score (nSPS) is 15.6. The molecule has 0 radical (unpaired) electrons. The van der Waals surface area contributed by atoms with E-state index in [-0.39, 0.29) is 18.8 Å². The highest BCUT2D eigenvalue weighted by molar-refractivity contribution is 5.85. The van der Waals surface area contributed by atoms with Crippen LogP contribution >= 0.6 is 12.4 Å². The number of halogens is 4. The first kappa shape index (κ1) is 15.9. The predicted molar refractivity (Wildman–Crippen MR) is 66.9 cm³/mol. The Bertz CT molecular complexity index is 426. The summed E-state index contributed by atoms with van der Waals surface area (Å²) in [5.41, 5.74) is 6.37. The van der Waals surface area contributed by atoms with E-state index in [1.165, 1.54) is 0 Å². The van der Waals surface area contributed by atoms with E-state index in [2.05, 4.69) is 0 Å². The number of fused-ring (bicyclic) bond motifs is 1. The fraction of sp³-hybridized carbons (Fsp3) is 0.500. The molecule has 0 aliphatic carbocycles. The molecule has 0 bridgehead atoms. The summed E-state index contributed by atoms with van der Waals surface area (Å²) in [6.07, 6.45) is -5.20. The van der Waals surface area contributed by atoms with Crippen molar-refractivity contribution < 1.29 is 22.6 Å². The quantitative estimate of drug-likeness (QED) is 0.931. The molecule has 0 aromatic heterocycles. The standard InChI is InChI=1S/C12H14F3NO2.ClH/c13-12(14,15)4-3-9(16)8-1-2-10-11(7-8)18-6-5-17-10;/h1-2,7,9H,3-6,16H2;1H/t9-;/m1./s1. The first-order valence-corrected chi connectivity index (χ1v) is 5.67. The van der Waals surface area contributed by atoms with Crippen molar-refractivity contribution in [3.63, 3.8) is 0 Å². The van der Waals surface area contributed by atoms with Crippen LogP contribution in [0.2, 0.25) is 0 Å². The maximum absolute atomic E-state index is 12.1. The number of benzene rings is 1. The van der Waals surface area contributed by atoms with Crippen molar-refractivity contribution in [3.05, 3.63) is 23.8 Å². The van der Waals surface area contributed by atoms with Gasteiger partial charge in [-0.25, -0.2) is 0 Å². The lowest BCUT2D eigenvalue weighted by molar-refractivity contribution is -0.136. The van der Waals surface area contributed by atoms with Gasteiger partial charge in [-0.2, -0.15) is 13.2 Å². The van der Waals surface area contributed by atoms with Gasteiger partial charge in [0.1, 0.15) is 13.2 Å². The van der Waals surface area contributed by atoms with E-state index >= 15 is 0 Å². The Kier molecular flexibility index (Phi) is 5.31. The molecule has 0 amide bonds.